The highest BCUT2D eigenvalue weighted by molar-refractivity contribution is 6.31. The van der Waals surface area contributed by atoms with Crippen LogP contribution in [0.4, 0.5) is 5.69 Å². The van der Waals surface area contributed by atoms with Gasteiger partial charge in [0, 0.05) is 43.0 Å². The van der Waals surface area contributed by atoms with Gasteiger partial charge in [-0.05, 0) is 36.5 Å². The van der Waals surface area contributed by atoms with Crippen LogP contribution in [0, 0.1) is 5.92 Å². The van der Waals surface area contributed by atoms with Crippen molar-refractivity contribution in [3.63, 3.8) is 0 Å². The third-order valence-corrected chi connectivity index (χ3v) is 4.28. The van der Waals surface area contributed by atoms with E-state index < -0.39 is 0 Å². The summed E-state index contributed by atoms with van der Waals surface area (Å²) in [5.41, 5.74) is 2.35. The number of rotatable bonds is 6. The Morgan fingerprint density at radius 2 is 2.25 bits per heavy atom. The first-order valence-electron chi connectivity index (χ1n) is 7.47. The minimum Gasteiger partial charge on any atom is -0.396 e. The molecule has 1 heterocycles. The van der Waals surface area contributed by atoms with Crippen LogP contribution in [0.5, 0.6) is 0 Å². The van der Waals surface area contributed by atoms with Gasteiger partial charge >= 0.3 is 0 Å². The molecule has 1 aromatic rings. The van der Waals surface area contributed by atoms with Crippen LogP contribution < -0.4 is 10.2 Å². The second-order valence-electron chi connectivity index (χ2n) is 5.92. The van der Waals surface area contributed by atoms with Crippen LogP contribution in [-0.4, -0.2) is 30.8 Å². The molecule has 1 unspecified atom stereocenters. The van der Waals surface area contributed by atoms with Gasteiger partial charge in [-0.15, -0.1) is 0 Å². The fourth-order valence-electron chi connectivity index (χ4n) is 2.68. The predicted molar refractivity (Wildman–Crippen MR) is 85.5 cm³/mol. The summed E-state index contributed by atoms with van der Waals surface area (Å²) in [4.78, 5) is 2.37. The summed E-state index contributed by atoms with van der Waals surface area (Å²) in [7, 11) is 0. The zero-order valence-corrected chi connectivity index (χ0v) is 13.2. The number of hydrogen-bond acceptors (Lipinski definition) is 3. The van der Waals surface area contributed by atoms with E-state index in [0.29, 0.717) is 18.6 Å². The lowest BCUT2D eigenvalue weighted by molar-refractivity contribution is 0.263. The van der Waals surface area contributed by atoms with Crippen molar-refractivity contribution in [2.24, 2.45) is 5.92 Å². The number of anilines is 1. The van der Waals surface area contributed by atoms with Crippen LogP contribution in [0.3, 0.4) is 0 Å². The van der Waals surface area contributed by atoms with E-state index in [1.165, 1.54) is 5.69 Å². The van der Waals surface area contributed by atoms with Gasteiger partial charge in [0.25, 0.3) is 0 Å². The Morgan fingerprint density at radius 1 is 1.45 bits per heavy atom. The predicted octanol–water partition coefficient (Wildman–Crippen LogP) is 3.05. The van der Waals surface area contributed by atoms with Crippen molar-refractivity contribution in [3.05, 3.63) is 28.8 Å². The van der Waals surface area contributed by atoms with E-state index in [4.69, 9.17) is 16.7 Å². The van der Waals surface area contributed by atoms with E-state index in [9.17, 15) is 0 Å². The first-order valence-corrected chi connectivity index (χ1v) is 7.85. The molecule has 3 nitrogen and oxygen atoms in total. The van der Waals surface area contributed by atoms with Gasteiger partial charge in [0.2, 0.25) is 0 Å². The van der Waals surface area contributed by atoms with Gasteiger partial charge in [-0.3, -0.25) is 0 Å². The van der Waals surface area contributed by atoms with Crippen molar-refractivity contribution in [1.82, 2.24) is 5.32 Å². The van der Waals surface area contributed by atoms with Crippen LogP contribution in [0.15, 0.2) is 18.2 Å². The Morgan fingerprint density at radius 3 is 2.90 bits per heavy atom. The molecule has 2 rings (SSSR count). The van der Waals surface area contributed by atoms with Crippen molar-refractivity contribution >= 4 is 17.3 Å². The van der Waals surface area contributed by atoms with Crippen molar-refractivity contribution in [2.45, 2.75) is 39.3 Å². The molecular weight excluding hydrogens is 272 g/mol. The molecule has 20 heavy (non-hydrogen) atoms. The third-order valence-electron chi connectivity index (χ3n) is 3.93. The Hall–Kier alpha value is -0.770. The zero-order valence-electron chi connectivity index (χ0n) is 12.4. The molecule has 0 saturated carbocycles. The quantitative estimate of drug-likeness (QED) is 0.847. The Kier molecular flexibility index (Phi) is 5.70. The van der Waals surface area contributed by atoms with E-state index in [-0.39, 0.29) is 0 Å². The highest BCUT2D eigenvalue weighted by Crippen LogP contribution is 2.29. The maximum atomic E-state index is 9.02. The highest BCUT2D eigenvalue weighted by atomic mass is 35.5. The molecule has 0 amide bonds. The molecule has 0 radical (unpaired) electrons. The minimum atomic E-state index is 0.291. The van der Waals surface area contributed by atoms with E-state index in [0.717, 1.165) is 43.1 Å². The number of hydrogen-bond donors (Lipinski definition) is 2. The van der Waals surface area contributed by atoms with Gasteiger partial charge in [0.05, 0.1) is 0 Å². The molecular formula is C16H25ClN2O. The fraction of sp³-hybridized carbons (Fsp3) is 0.625. The molecule has 4 heteroatoms. The summed E-state index contributed by atoms with van der Waals surface area (Å²) in [5, 5.41) is 13.2. The average Bonchev–Trinajstić information content (AvgIpc) is 2.86. The smallest absolute Gasteiger partial charge is 0.0471 e. The van der Waals surface area contributed by atoms with Crippen LogP contribution in [0.25, 0.3) is 0 Å². The lowest BCUT2D eigenvalue weighted by Gasteiger charge is -2.20. The van der Waals surface area contributed by atoms with E-state index in [1.807, 2.05) is 0 Å². The molecule has 1 aliphatic rings. The number of benzene rings is 1. The van der Waals surface area contributed by atoms with Crippen molar-refractivity contribution in [3.8, 4) is 0 Å². The van der Waals surface area contributed by atoms with Crippen molar-refractivity contribution in [2.75, 3.05) is 24.6 Å². The number of aliphatic hydroxyl groups excluding tert-OH is 1. The minimum absolute atomic E-state index is 0.291. The normalized spacial score (nSPS) is 19.1. The second kappa shape index (κ2) is 7.30. The first-order chi connectivity index (χ1) is 9.60. The summed E-state index contributed by atoms with van der Waals surface area (Å²) < 4.78 is 0. The van der Waals surface area contributed by atoms with Crippen LogP contribution >= 0.6 is 11.6 Å². The summed E-state index contributed by atoms with van der Waals surface area (Å²) in [6.07, 6.45) is 2.06. The molecule has 1 aliphatic heterocycles. The van der Waals surface area contributed by atoms with Crippen LogP contribution in [-0.2, 0) is 6.54 Å². The number of aliphatic hydroxyl groups is 1. The van der Waals surface area contributed by atoms with Gasteiger partial charge in [0.1, 0.15) is 0 Å². The molecule has 1 fully saturated rings. The number of halogens is 1. The SMILES string of the molecule is CC(C)NCc1ccc(N2CCC(CCO)C2)cc1Cl. The van der Waals surface area contributed by atoms with Gasteiger partial charge < -0.3 is 15.3 Å². The number of nitrogens with zero attached hydrogens (tertiary/aromatic N) is 1. The first kappa shape index (κ1) is 15.6. The molecule has 112 valence electrons. The van der Waals surface area contributed by atoms with Gasteiger partial charge in [-0.25, -0.2) is 0 Å². The maximum Gasteiger partial charge on any atom is 0.0471 e. The lowest BCUT2D eigenvalue weighted by Crippen LogP contribution is -2.22. The maximum absolute atomic E-state index is 9.02. The molecule has 1 aromatic carbocycles. The van der Waals surface area contributed by atoms with Gasteiger partial charge in [-0.1, -0.05) is 31.5 Å². The van der Waals surface area contributed by atoms with Gasteiger partial charge in [0.15, 0.2) is 0 Å². The summed E-state index contributed by atoms with van der Waals surface area (Å²) >= 11 is 6.38. The second-order valence-corrected chi connectivity index (χ2v) is 6.33. The Bertz CT molecular complexity index is 436. The molecule has 1 saturated heterocycles. The highest BCUT2D eigenvalue weighted by Gasteiger charge is 2.22. The fourth-order valence-corrected chi connectivity index (χ4v) is 2.92. The molecule has 0 aromatic heterocycles. The van der Waals surface area contributed by atoms with Gasteiger partial charge in [-0.2, -0.15) is 0 Å². The summed E-state index contributed by atoms with van der Waals surface area (Å²) in [6, 6.07) is 6.81. The Labute approximate surface area is 126 Å². The molecule has 0 spiro atoms. The molecule has 2 N–H and O–H groups in total. The number of nitrogens with one attached hydrogen (secondary N) is 1. The summed E-state index contributed by atoms with van der Waals surface area (Å²) in [6.45, 7) is 7.45. The van der Waals surface area contributed by atoms with Crippen LogP contribution in [0.1, 0.15) is 32.3 Å². The van der Waals surface area contributed by atoms with E-state index in [1.54, 1.807) is 0 Å². The third kappa shape index (κ3) is 4.11. The van der Waals surface area contributed by atoms with Crippen molar-refractivity contribution < 1.29 is 5.11 Å². The molecule has 0 aliphatic carbocycles. The van der Waals surface area contributed by atoms with Crippen molar-refractivity contribution in [1.29, 1.82) is 0 Å². The molecule has 1 atom stereocenters. The zero-order chi connectivity index (χ0) is 14.5. The van der Waals surface area contributed by atoms with Crippen LogP contribution in [0.2, 0.25) is 5.02 Å². The Balaban J connectivity index is 1.98. The lowest BCUT2D eigenvalue weighted by atomic mass is 10.1. The topological polar surface area (TPSA) is 35.5 Å². The van der Waals surface area contributed by atoms with E-state index >= 15 is 0 Å². The van der Waals surface area contributed by atoms with E-state index in [2.05, 4.69) is 42.3 Å². The standard InChI is InChI=1S/C16H25ClN2O/c1-12(2)18-10-14-3-4-15(9-16(14)17)19-7-5-13(11-19)6-8-20/h3-4,9,12-13,18,20H,5-8,10-11H2,1-2H3. The average molecular weight is 297 g/mol. The largest absolute Gasteiger partial charge is 0.396 e. The monoisotopic (exact) mass is 296 g/mol. The summed E-state index contributed by atoms with van der Waals surface area (Å²) in [5.74, 6) is 0.612. The molecule has 0 bridgehead atoms.